The normalized spacial score (nSPS) is 40.8. The molecule has 2 atom stereocenters. The third-order valence-electron chi connectivity index (χ3n) is 11.0. The molecule has 4 aliphatic carbocycles. The first-order chi connectivity index (χ1) is 16.0. The average Bonchev–Trinajstić information content (AvgIpc) is 3.30. The molecule has 1 unspecified atom stereocenters. The zero-order valence-electron chi connectivity index (χ0n) is 22.3. The number of hydrogen-bond acceptors (Lipinski definition) is 3. The summed E-state index contributed by atoms with van der Waals surface area (Å²) in [7, 11) is 0. The molecule has 0 aromatic rings. The summed E-state index contributed by atoms with van der Waals surface area (Å²) in [6.45, 7) is 7.38. The number of nitrogens with one attached hydrogen (secondary N) is 2. The molecule has 0 radical (unpaired) electrons. The smallest absolute Gasteiger partial charge is 0.0773 e. The molecule has 1 aliphatic heterocycles. The minimum absolute atomic E-state index is 0.481. The van der Waals surface area contributed by atoms with Crippen LogP contribution in [0.4, 0.5) is 0 Å². The second-order valence-electron chi connectivity index (χ2n) is 14.0. The second-order valence-corrected chi connectivity index (χ2v) is 14.0. The van der Waals surface area contributed by atoms with Crippen molar-refractivity contribution in [1.82, 2.24) is 15.8 Å². The number of hydrazine groups is 1. The Hall–Kier alpha value is -0.120. The van der Waals surface area contributed by atoms with Gasteiger partial charge in [0, 0.05) is 6.04 Å². The van der Waals surface area contributed by atoms with Crippen LogP contribution in [0.15, 0.2) is 0 Å². The van der Waals surface area contributed by atoms with E-state index >= 15 is 0 Å². The van der Waals surface area contributed by atoms with Crippen LogP contribution in [0.25, 0.3) is 0 Å². The van der Waals surface area contributed by atoms with Crippen LogP contribution in [0.5, 0.6) is 0 Å². The summed E-state index contributed by atoms with van der Waals surface area (Å²) in [5.74, 6) is 4.71. The molecule has 0 spiro atoms. The van der Waals surface area contributed by atoms with Crippen molar-refractivity contribution < 1.29 is 0 Å². The summed E-state index contributed by atoms with van der Waals surface area (Å²) in [4.78, 5) is 3.03. The van der Waals surface area contributed by atoms with Gasteiger partial charge >= 0.3 is 0 Å². The van der Waals surface area contributed by atoms with E-state index in [9.17, 15) is 0 Å². The average molecular weight is 458 g/mol. The maximum absolute atomic E-state index is 3.93. The first-order valence-electron chi connectivity index (χ1n) is 15.3. The highest BCUT2D eigenvalue weighted by Gasteiger charge is 2.46. The van der Waals surface area contributed by atoms with Crippen molar-refractivity contribution in [2.45, 2.75) is 155 Å². The summed E-state index contributed by atoms with van der Waals surface area (Å²) >= 11 is 0. The molecule has 5 aliphatic rings. The van der Waals surface area contributed by atoms with Crippen molar-refractivity contribution in [1.29, 1.82) is 0 Å². The van der Waals surface area contributed by atoms with E-state index in [1.54, 1.807) is 0 Å². The van der Waals surface area contributed by atoms with E-state index in [2.05, 4.69) is 36.5 Å². The van der Waals surface area contributed by atoms with E-state index in [-0.39, 0.29) is 0 Å². The lowest BCUT2D eigenvalue weighted by Crippen LogP contribution is -2.53. The van der Waals surface area contributed by atoms with Gasteiger partial charge in [-0.3, -0.25) is 4.90 Å². The zero-order chi connectivity index (χ0) is 22.8. The van der Waals surface area contributed by atoms with Gasteiger partial charge in [0.2, 0.25) is 0 Å². The second kappa shape index (κ2) is 10.9. The molecule has 3 nitrogen and oxygen atoms in total. The van der Waals surface area contributed by atoms with Crippen LogP contribution >= 0.6 is 0 Å². The van der Waals surface area contributed by atoms with E-state index < -0.39 is 0 Å². The molecule has 3 heteroatoms. The molecule has 5 rings (SSSR count). The van der Waals surface area contributed by atoms with Gasteiger partial charge in [0.1, 0.15) is 0 Å². The topological polar surface area (TPSA) is 27.3 Å². The van der Waals surface area contributed by atoms with Crippen molar-refractivity contribution >= 4 is 0 Å². The minimum atomic E-state index is 0.481. The van der Waals surface area contributed by atoms with Gasteiger partial charge < -0.3 is 0 Å². The quantitative estimate of drug-likeness (QED) is 0.454. The fourth-order valence-corrected chi connectivity index (χ4v) is 8.89. The van der Waals surface area contributed by atoms with E-state index in [1.165, 1.54) is 116 Å². The van der Waals surface area contributed by atoms with Crippen LogP contribution < -0.4 is 10.9 Å². The Balaban J connectivity index is 1.23. The predicted molar refractivity (Wildman–Crippen MR) is 139 cm³/mol. The Labute approximate surface area is 205 Å². The van der Waals surface area contributed by atoms with Gasteiger partial charge in [-0.1, -0.05) is 72.1 Å². The van der Waals surface area contributed by atoms with Gasteiger partial charge in [0.05, 0.1) is 12.3 Å². The SMILES string of the molecule is CC(C)(C)C1CCC(C2NN[C@@H](C3CCC(C4CCCCC4)CC3)N2C2CCCCC2)CC1. The van der Waals surface area contributed by atoms with E-state index in [0.717, 1.165) is 35.6 Å². The summed E-state index contributed by atoms with van der Waals surface area (Å²) in [6.07, 6.45) is 27.6. The minimum Gasteiger partial charge on any atom is -0.267 e. The van der Waals surface area contributed by atoms with E-state index in [0.29, 0.717) is 17.7 Å². The summed E-state index contributed by atoms with van der Waals surface area (Å²) in [6, 6.07) is 0.813. The van der Waals surface area contributed by atoms with E-state index in [4.69, 9.17) is 0 Å². The lowest BCUT2D eigenvalue weighted by atomic mass is 9.69. The van der Waals surface area contributed by atoms with Gasteiger partial charge in [0.25, 0.3) is 0 Å². The summed E-state index contributed by atoms with van der Waals surface area (Å²) in [5.41, 5.74) is 8.34. The molecule has 4 saturated carbocycles. The standard InChI is InChI=1S/C30H55N3/c1-30(2,3)26-20-18-25(19-21-26)29-32-31-28(33(29)27-12-8-5-9-13-27)24-16-14-23(15-17-24)22-10-6-4-7-11-22/h22-29,31-32H,4-21H2,1-3H3/t23?,24?,25?,26?,28-,29?/m1/s1. The molecule has 0 aromatic carbocycles. The maximum Gasteiger partial charge on any atom is 0.0773 e. The van der Waals surface area contributed by atoms with Crippen molar-refractivity contribution in [3.8, 4) is 0 Å². The molecule has 1 saturated heterocycles. The Bertz CT molecular complexity index is 584. The van der Waals surface area contributed by atoms with Crippen molar-refractivity contribution in [2.75, 3.05) is 0 Å². The zero-order valence-corrected chi connectivity index (χ0v) is 22.3. The van der Waals surface area contributed by atoms with Crippen LogP contribution in [0.1, 0.15) is 136 Å². The molecule has 0 amide bonds. The van der Waals surface area contributed by atoms with Crippen LogP contribution in [-0.4, -0.2) is 23.3 Å². The Kier molecular flexibility index (Phi) is 8.09. The lowest BCUT2D eigenvalue weighted by molar-refractivity contribution is 0.00752. The molecule has 0 bridgehead atoms. The highest BCUT2D eigenvalue weighted by atomic mass is 15.6. The summed E-state index contributed by atoms with van der Waals surface area (Å²) < 4.78 is 0. The largest absolute Gasteiger partial charge is 0.267 e. The monoisotopic (exact) mass is 457 g/mol. The van der Waals surface area contributed by atoms with Crippen LogP contribution in [0.3, 0.4) is 0 Å². The van der Waals surface area contributed by atoms with Crippen LogP contribution in [-0.2, 0) is 0 Å². The Morgan fingerprint density at radius 3 is 1.42 bits per heavy atom. The number of rotatable bonds is 4. The lowest BCUT2D eigenvalue weighted by Gasteiger charge is -2.46. The van der Waals surface area contributed by atoms with Crippen LogP contribution in [0.2, 0.25) is 0 Å². The molecule has 5 fully saturated rings. The number of hydrogen-bond donors (Lipinski definition) is 2. The van der Waals surface area contributed by atoms with Gasteiger partial charge in [-0.05, 0) is 99.2 Å². The first-order valence-corrected chi connectivity index (χ1v) is 15.3. The van der Waals surface area contributed by atoms with Crippen molar-refractivity contribution in [2.24, 2.45) is 35.0 Å². The predicted octanol–water partition coefficient (Wildman–Crippen LogP) is 7.62. The van der Waals surface area contributed by atoms with Gasteiger partial charge in [-0.2, -0.15) is 0 Å². The Morgan fingerprint density at radius 2 is 0.909 bits per heavy atom. The Morgan fingerprint density at radius 1 is 0.485 bits per heavy atom. The molecule has 2 N–H and O–H groups in total. The van der Waals surface area contributed by atoms with Gasteiger partial charge in [0.15, 0.2) is 0 Å². The summed E-state index contributed by atoms with van der Waals surface area (Å²) in [5, 5.41) is 0. The molecular formula is C30H55N3. The number of nitrogens with zero attached hydrogens (tertiary/aromatic N) is 1. The van der Waals surface area contributed by atoms with Crippen molar-refractivity contribution in [3.05, 3.63) is 0 Å². The van der Waals surface area contributed by atoms with Gasteiger partial charge in [-0.25, -0.2) is 10.9 Å². The fraction of sp³-hybridized carbons (Fsp3) is 1.00. The molecular weight excluding hydrogens is 402 g/mol. The third kappa shape index (κ3) is 5.67. The third-order valence-corrected chi connectivity index (χ3v) is 11.0. The molecule has 1 heterocycles. The highest BCUT2D eigenvalue weighted by Crippen LogP contribution is 2.45. The molecule has 33 heavy (non-hydrogen) atoms. The van der Waals surface area contributed by atoms with E-state index in [1.807, 2.05) is 0 Å². The first kappa shape index (κ1) is 24.6. The fourth-order valence-electron chi connectivity index (χ4n) is 8.89. The molecule has 0 aromatic heterocycles. The van der Waals surface area contributed by atoms with Gasteiger partial charge in [-0.15, -0.1) is 0 Å². The van der Waals surface area contributed by atoms with Crippen molar-refractivity contribution in [3.63, 3.8) is 0 Å². The molecule has 190 valence electrons. The highest BCUT2D eigenvalue weighted by molar-refractivity contribution is 4.97. The maximum atomic E-state index is 3.93. The van der Waals surface area contributed by atoms with Crippen LogP contribution in [0, 0.1) is 35.0 Å².